The lowest BCUT2D eigenvalue weighted by Gasteiger charge is -2.12. The van der Waals surface area contributed by atoms with Crippen molar-refractivity contribution in [3.63, 3.8) is 0 Å². The van der Waals surface area contributed by atoms with Crippen LogP contribution in [0.15, 0.2) is 47.6 Å². The molecular formula is C14H9N3O4S. The molecule has 0 saturated carbocycles. The molecule has 1 aliphatic rings. The third kappa shape index (κ3) is 2.44. The van der Waals surface area contributed by atoms with E-state index in [1.807, 2.05) is 0 Å². The molecule has 0 N–H and O–H groups in total. The summed E-state index contributed by atoms with van der Waals surface area (Å²) in [6.45, 7) is 0. The number of pyridine rings is 1. The third-order valence-electron chi connectivity index (χ3n) is 3.18. The molecule has 2 amide bonds. The summed E-state index contributed by atoms with van der Waals surface area (Å²) in [6, 6.07) is 7.24. The largest absolute Gasteiger partial charge is 0.270 e. The molecule has 2 aromatic rings. The number of imide groups is 1. The van der Waals surface area contributed by atoms with Gasteiger partial charge in [0.2, 0.25) is 0 Å². The van der Waals surface area contributed by atoms with E-state index in [0.29, 0.717) is 0 Å². The molecule has 22 heavy (non-hydrogen) atoms. The normalized spacial score (nSPS) is 13.4. The molecule has 8 heteroatoms. The maximum atomic E-state index is 12.3. The molecule has 3 rings (SSSR count). The minimum absolute atomic E-state index is 0.0783. The van der Waals surface area contributed by atoms with E-state index >= 15 is 0 Å². The number of benzene rings is 1. The van der Waals surface area contributed by atoms with Crippen molar-refractivity contribution in [2.24, 2.45) is 0 Å². The second kappa shape index (κ2) is 5.57. The molecule has 0 aliphatic carbocycles. The number of fused-ring (bicyclic) bond motifs is 1. The Bertz CT molecular complexity index is 779. The van der Waals surface area contributed by atoms with Crippen LogP contribution in [0.5, 0.6) is 0 Å². The van der Waals surface area contributed by atoms with Crippen LogP contribution < -0.4 is 0 Å². The van der Waals surface area contributed by atoms with E-state index in [1.54, 1.807) is 24.5 Å². The van der Waals surface area contributed by atoms with Crippen molar-refractivity contribution in [3.05, 3.63) is 64.0 Å². The summed E-state index contributed by atoms with van der Waals surface area (Å²) < 4.78 is 0. The monoisotopic (exact) mass is 315 g/mol. The van der Waals surface area contributed by atoms with Crippen LogP contribution in [-0.4, -0.2) is 32.5 Å². The molecule has 1 aromatic heterocycles. The highest BCUT2D eigenvalue weighted by Gasteiger charge is 2.36. The number of rotatable bonds is 4. The number of carbonyl (C=O) groups is 2. The summed E-state index contributed by atoms with van der Waals surface area (Å²) in [7, 11) is 0. The molecule has 0 bridgehead atoms. The van der Waals surface area contributed by atoms with Gasteiger partial charge in [-0.15, -0.1) is 11.8 Å². The Labute approximate surface area is 129 Å². The molecule has 0 atom stereocenters. The van der Waals surface area contributed by atoms with E-state index in [9.17, 15) is 19.7 Å². The summed E-state index contributed by atoms with van der Waals surface area (Å²) in [5.74, 6) is -0.800. The van der Waals surface area contributed by atoms with Crippen molar-refractivity contribution in [2.45, 2.75) is 4.90 Å². The van der Waals surface area contributed by atoms with Crippen molar-refractivity contribution < 1.29 is 14.5 Å². The SMILES string of the molecule is O=C1c2ccc([N+](=O)[O-])cc2C(=O)N1CSc1ccncc1. The van der Waals surface area contributed by atoms with Gasteiger partial charge in [0.1, 0.15) is 0 Å². The van der Waals surface area contributed by atoms with Gasteiger partial charge in [0.15, 0.2) is 0 Å². The minimum Gasteiger partial charge on any atom is -0.269 e. The van der Waals surface area contributed by atoms with Gasteiger partial charge >= 0.3 is 0 Å². The first-order valence-corrected chi connectivity index (χ1v) is 7.24. The lowest BCUT2D eigenvalue weighted by atomic mass is 10.1. The van der Waals surface area contributed by atoms with E-state index in [4.69, 9.17) is 0 Å². The zero-order valence-electron chi connectivity index (χ0n) is 11.1. The fourth-order valence-corrected chi connectivity index (χ4v) is 2.91. The number of aromatic nitrogens is 1. The minimum atomic E-state index is -0.591. The Morgan fingerprint density at radius 2 is 1.77 bits per heavy atom. The zero-order chi connectivity index (χ0) is 15.7. The maximum absolute atomic E-state index is 12.3. The molecule has 7 nitrogen and oxygen atoms in total. The van der Waals surface area contributed by atoms with Crippen LogP contribution in [-0.2, 0) is 0 Å². The van der Waals surface area contributed by atoms with Crippen LogP contribution in [0.4, 0.5) is 5.69 Å². The number of nitrogens with zero attached hydrogens (tertiary/aromatic N) is 3. The number of carbonyl (C=O) groups excluding carboxylic acids is 2. The zero-order valence-corrected chi connectivity index (χ0v) is 11.9. The highest BCUT2D eigenvalue weighted by atomic mass is 32.2. The highest BCUT2D eigenvalue weighted by molar-refractivity contribution is 7.99. The highest BCUT2D eigenvalue weighted by Crippen LogP contribution is 2.29. The quantitative estimate of drug-likeness (QED) is 0.372. The van der Waals surface area contributed by atoms with E-state index in [1.165, 1.54) is 23.9 Å². The summed E-state index contributed by atoms with van der Waals surface area (Å²) in [5.41, 5.74) is 0.0731. The third-order valence-corrected chi connectivity index (χ3v) is 4.17. The number of hydrogen-bond acceptors (Lipinski definition) is 6. The fourth-order valence-electron chi connectivity index (χ4n) is 2.08. The smallest absolute Gasteiger partial charge is 0.269 e. The van der Waals surface area contributed by atoms with Gasteiger partial charge in [-0.05, 0) is 18.2 Å². The van der Waals surface area contributed by atoms with Gasteiger partial charge in [0.05, 0.1) is 21.9 Å². The van der Waals surface area contributed by atoms with E-state index in [0.717, 1.165) is 15.9 Å². The Hall–Kier alpha value is -2.74. The molecule has 2 heterocycles. The molecular weight excluding hydrogens is 306 g/mol. The first-order valence-electron chi connectivity index (χ1n) is 6.25. The molecule has 0 spiro atoms. The average Bonchev–Trinajstić information content (AvgIpc) is 2.77. The van der Waals surface area contributed by atoms with Crippen molar-refractivity contribution in [1.29, 1.82) is 0 Å². The Morgan fingerprint density at radius 3 is 2.45 bits per heavy atom. The number of amides is 2. The van der Waals surface area contributed by atoms with Gasteiger partial charge in [-0.25, -0.2) is 0 Å². The van der Waals surface area contributed by atoms with Crippen LogP contribution >= 0.6 is 11.8 Å². The van der Waals surface area contributed by atoms with Crippen LogP contribution in [0.3, 0.4) is 0 Å². The molecule has 0 saturated heterocycles. The summed E-state index contributed by atoms with van der Waals surface area (Å²) >= 11 is 1.32. The lowest BCUT2D eigenvalue weighted by Crippen LogP contribution is -2.29. The Balaban J connectivity index is 1.82. The molecule has 110 valence electrons. The van der Waals surface area contributed by atoms with Gasteiger partial charge in [-0.3, -0.25) is 29.6 Å². The van der Waals surface area contributed by atoms with Gasteiger partial charge in [0, 0.05) is 29.4 Å². The van der Waals surface area contributed by atoms with Crippen molar-refractivity contribution in [3.8, 4) is 0 Å². The van der Waals surface area contributed by atoms with Gasteiger partial charge in [-0.2, -0.15) is 0 Å². The molecule has 0 radical (unpaired) electrons. The molecule has 0 unspecified atom stereocenters. The number of thioether (sulfide) groups is 1. The first kappa shape index (κ1) is 14.2. The topological polar surface area (TPSA) is 93.4 Å². The fraction of sp³-hybridized carbons (Fsp3) is 0.0714. The second-order valence-electron chi connectivity index (χ2n) is 4.48. The standard InChI is InChI=1S/C14H9N3O4S/c18-13-11-2-1-9(17(20)21)7-12(11)14(19)16(13)8-22-10-3-5-15-6-4-10/h1-7H,8H2. The van der Waals surface area contributed by atoms with Crippen molar-refractivity contribution >= 4 is 29.3 Å². The van der Waals surface area contributed by atoms with Crippen LogP contribution in [0.1, 0.15) is 20.7 Å². The van der Waals surface area contributed by atoms with Crippen molar-refractivity contribution in [2.75, 3.05) is 5.88 Å². The Morgan fingerprint density at radius 1 is 1.09 bits per heavy atom. The van der Waals surface area contributed by atoms with Crippen LogP contribution in [0.2, 0.25) is 0 Å². The summed E-state index contributed by atoms with van der Waals surface area (Å²) in [5, 5.41) is 10.8. The molecule has 0 fully saturated rings. The average molecular weight is 315 g/mol. The van der Waals surface area contributed by atoms with E-state index in [2.05, 4.69) is 4.98 Å². The summed E-state index contributed by atoms with van der Waals surface area (Å²) in [4.78, 5) is 40.5. The van der Waals surface area contributed by atoms with Gasteiger partial charge in [-0.1, -0.05) is 0 Å². The molecule has 1 aliphatic heterocycles. The van der Waals surface area contributed by atoms with Gasteiger partial charge in [0.25, 0.3) is 17.5 Å². The number of nitro benzene ring substituents is 1. The van der Waals surface area contributed by atoms with Crippen molar-refractivity contribution in [1.82, 2.24) is 9.88 Å². The number of hydrogen-bond donors (Lipinski definition) is 0. The van der Waals surface area contributed by atoms with Crippen LogP contribution in [0.25, 0.3) is 0 Å². The van der Waals surface area contributed by atoms with Crippen LogP contribution in [0, 0.1) is 10.1 Å². The number of nitro groups is 1. The predicted octanol–water partition coefficient (Wildman–Crippen LogP) is 2.34. The summed E-state index contributed by atoms with van der Waals surface area (Å²) in [6.07, 6.45) is 3.24. The first-order chi connectivity index (χ1) is 10.6. The molecule has 1 aromatic carbocycles. The predicted molar refractivity (Wildman–Crippen MR) is 78.6 cm³/mol. The van der Waals surface area contributed by atoms with E-state index in [-0.39, 0.29) is 22.7 Å². The lowest BCUT2D eigenvalue weighted by molar-refractivity contribution is -0.384. The second-order valence-corrected chi connectivity index (χ2v) is 5.50. The number of non-ortho nitro benzene ring substituents is 1. The van der Waals surface area contributed by atoms with E-state index < -0.39 is 16.7 Å². The van der Waals surface area contributed by atoms with Gasteiger partial charge < -0.3 is 0 Å². The Kier molecular flexibility index (Phi) is 3.60. The maximum Gasteiger partial charge on any atom is 0.270 e.